The molecule has 0 aliphatic carbocycles. The number of nitrogens with zero attached hydrogens (tertiary/aromatic N) is 5. The number of aromatic nitrogens is 3. The largest absolute Gasteiger partial charge is 0.478 e. The number of quaternary nitrogens is 1. The molecule has 0 spiro atoms. The predicted molar refractivity (Wildman–Crippen MR) is 163 cm³/mol. The van der Waals surface area contributed by atoms with Gasteiger partial charge in [0.15, 0.2) is 11.7 Å². The molecule has 2 amide bonds. The predicted octanol–water partition coefficient (Wildman–Crippen LogP) is 2.59. The van der Waals surface area contributed by atoms with Crippen molar-refractivity contribution in [3.63, 3.8) is 0 Å². The molecule has 42 heavy (non-hydrogen) atoms. The second-order valence-electron chi connectivity index (χ2n) is 12.5. The fourth-order valence-electron chi connectivity index (χ4n) is 4.66. The molecule has 4 heterocycles. The number of hydrogen-bond acceptors (Lipinski definition) is 8. The van der Waals surface area contributed by atoms with Gasteiger partial charge in [0.2, 0.25) is 0 Å². The number of pyridine rings is 1. The van der Waals surface area contributed by atoms with Gasteiger partial charge in [-0.05, 0) is 31.1 Å². The van der Waals surface area contributed by atoms with E-state index in [-0.39, 0.29) is 28.6 Å². The second kappa shape index (κ2) is 12.0. The standard InChI is InChI=1S/C29H37N7O5S/c1-29(2,3)21-17-42-28(31-21)33-26(40)18-11-13-35-22(14-18)32-25(20(27(35)41)9-10-24(38)39)34-12-7-8-19(15-34)30-23(37)16-36(4,5)6/h9-11,13-14,17,19H,7-8,12,15-16H2,1-6H3,(H2-,30,31,33,37,38,39,40)/p+1/t19-/m1/s1. The van der Waals surface area contributed by atoms with Gasteiger partial charge in [0, 0.05) is 47.8 Å². The first kappa shape index (κ1) is 30.8. The molecule has 0 aromatic carbocycles. The van der Waals surface area contributed by atoms with E-state index in [1.165, 1.54) is 40.1 Å². The summed E-state index contributed by atoms with van der Waals surface area (Å²) in [5.41, 5.74) is 0.890. The van der Waals surface area contributed by atoms with Crippen molar-refractivity contribution in [2.75, 3.05) is 51.0 Å². The molecule has 1 atom stereocenters. The fourth-order valence-corrected chi connectivity index (χ4v) is 5.59. The van der Waals surface area contributed by atoms with E-state index in [9.17, 15) is 24.3 Å². The third-order valence-corrected chi connectivity index (χ3v) is 7.45. The topological polar surface area (TPSA) is 146 Å². The molecule has 0 bridgehead atoms. The van der Waals surface area contributed by atoms with Crippen LogP contribution in [0.2, 0.25) is 0 Å². The van der Waals surface area contributed by atoms with Gasteiger partial charge in [0.25, 0.3) is 17.4 Å². The molecule has 0 unspecified atom stereocenters. The molecule has 3 aromatic heterocycles. The zero-order chi connectivity index (χ0) is 30.8. The summed E-state index contributed by atoms with van der Waals surface area (Å²) in [6, 6.07) is 2.87. The zero-order valence-electron chi connectivity index (χ0n) is 24.8. The number of carboxylic acids is 1. The molecule has 3 N–H and O–H groups in total. The normalized spacial score (nSPS) is 16.1. The van der Waals surface area contributed by atoms with Gasteiger partial charge in [-0.15, -0.1) is 11.3 Å². The summed E-state index contributed by atoms with van der Waals surface area (Å²) < 4.78 is 1.78. The summed E-state index contributed by atoms with van der Waals surface area (Å²) in [5.74, 6) is -1.36. The van der Waals surface area contributed by atoms with Gasteiger partial charge in [-0.3, -0.25) is 24.1 Å². The third-order valence-electron chi connectivity index (χ3n) is 6.70. The number of carboxylic acid groups (broad SMARTS) is 1. The van der Waals surface area contributed by atoms with Crippen molar-refractivity contribution in [3.8, 4) is 0 Å². The van der Waals surface area contributed by atoms with Crippen LogP contribution in [0.25, 0.3) is 11.7 Å². The van der Waals surface area contributed by atoms with Crippen molar-refractivity contribution in [1.82, 2.24) is 19.7 Å². The lowest BCUT2D eigenvalue weighted by Gasteiger charge is -2.35. The van der Waals surface area contributed by atoms with Gasteiger partial charge in [-0.1, -0.05) is 20.8 Å². The van der Waals surface area contributed by atoms with Crippen LogP contribution in [0.1, 0.15) is 55.2 Å². The van der Waals surface area contributed by atoms with Crippen molar-refractivity contribution in [3.05, 3.63) is 57.0 Å². The Hall–Kier alpha value is -4.10. The summed E-state index contributed by atoms with van der Waals surface area (Å²) in [7, 11) is 5.82. The van der Waals surface area contributed by atoms with Crippen molar-refractivity contribution in [2.45, 2.75) is 45.1 Å². The molecule has 13 heteroatoms. The quantitative estimate of drug-likeness (QED) is 0.266. The summed E-state index contributed by atoms with van der Waals surface area (Å²) >= 11 is 1.34. The molecule has 12 nitrogen and oxygen atoms in total. The number of aliphatic carboxylic acids is 1. The Bertz CT molecular complexity index is 1600. The molecule has 0 saturated carbocycles. The van der Waals surface area contributed by atoms with Crippen LogP contribution in [0.15, 0.2) is 34.6 Å². The van der Waals surface area contributed by atoms with Crippen LogP contribution in [-0.4, -0.2) is 88.6 Å². The second-order valence-corrected chi connectivity index (χ2v) is 13.4. The highest BCUT2D eigenvalue weighted by Crippen LogP contribution is 2.27. The van der Waals surface area contributed by atoms with Gasteiger partial charge in [0.1, 0.15) is 11.5 Å². The first-order valence-corrected chi connectivity index (χ1v) is 14.6. The molecule has 0 radical (unpaired) electrons. The van der Waals surface area contributed by atoms with Crippen LogP contribution < -0.4 is 21.1 Å². The lowest BCUT2D eigenvalue weighted by atomic mass is 9.93. The van der Waals surface area contributed by atoms with E-state index < -0.39 is 17.4 Å². The summed E-state index contributed by atoms with van der Waals surface area (Å²) in [6.07, 6.45) is 5.11. The first-order valence-electron chi connectivity index (χ1n) is 13.7. The lowest BCUT2D eigenvalue weighted by molar-refractivity contribution is -0.862. The Labute approximate surface area is 248 Å². The highest BCUT2D eigenvalue weighted by molar-refractivity contribution is 7.14. The van der Waals surface area contributed by atoms with Crippen LogP contribution in [0.4, 0.5) is 10.9 Å². The number of amides is 2. The van der Waals surface area contributed by atoms with Gasteiger partial charge in [-0.2, -0.15) is 0 Å². The maximum absolute atomic E-state index is 13.6. The number of likely N-dealkylation sites (N-methyl/N-ethyl adjacent to an activating group) is 1. The number of carbonyl (C=O) groups is 3. The molecule has 224 valence electrons. The number of hydrogen-bond donors (Lipinski definition) is 3. The van der Waals surface area contributed by atoms with E-state index in [0.717, 1.165) is 24.6 Å². The minimum Gasteiger partial charge on any atom is -0.478 e. The van der Waals surface area contributed by atoms with Crippen LogP contribution in [0.3, 0.4) is 0 Å². The number of piperidine rings is 1. The highest BCUT2D eigenvalue weighted by atomic mass is 32.1. The highest BCUT2D eigenvalue weighted by Gasteiger charge is 2.27. The van der Waals surface area contributed by atoms with E-state index in [0.29, 0.717) is 40.6 Å². The number of nitrogens with one attached hydrogen (secondary N) is 2. The van der Waals surface area contributed by atoms with Crippen LogP contribution in [0.5, 0.6) is 0 Å². The smallest absolute Gasteiger partial charge is 0.328 e. The van der Waals surface area contributed by atoms with E-state index >= 15 is 0 Å². The maximum Gasteiger partial charge on any atom is 0.328 e. The van der Waals surface area contributed by atoms with Gasteiger partial charge in [0.05, 0.1) is 32.4 Å². The molecule has 1 aliphatic heterocycles. The monoisotopic (exact) mass is 596 g/mol. The number of thiazole rings is 1. The van der Waals surface area contributed by atoms with E-state index in [4.69, 9.17) is 4.98 Å². The minimum atomic E-state index is -1.20. The molecular formula is C29H38N7O5S+. The number of anilines is 2. The Morgan fingerprint density at radius 2 is 1.95 bits per heavy atom. The molecule has 3 aromatic rings. The third kappa shape index (κ3) is 7.59. The molecular weight excluding hydrogens is 558 g/mol. The van der Waals surface area contributed by atoms with Gasteiger partial charge >= 0.3 is 5.97 Å². The van der Waals surface area contributed by atoms with Gasteiger partial charge < -0.3 is 19.8 Å². The number of carbonyl (C=O) groups excluding carboxylic acids is 2. The van der Waals surface area contributed by atoms with Crippen LogP contribution >= 0.6 is 11.3 Å². The average molecular weight is 597 g/mol. The first-order chi connectivity index (χ1) is 19.6. The molecule has 1 fully saturated rings. The van der Waals surface area contributed by atoms with E-state index in [2.05, 4.69) is 15.6 Å². The van der Waals surface area contributed by atoms with E-state index in [1.54, 1.807) is 0 Å². The van der Waals surface area contributed by atoms with E-state index in [1.807, 2.05) is 52.2 Å². The Morgan fingerprint density at radius 3 is 2.60 bits per heavy atom. The Balaban J connectivity index is 1.67. The van der Waals surface area contributed by atoms with Crippen LogP contribution in [0, 0.1) is 0 Å². The lowest BCUT2D eigenvalue weighted by Crippen LogP contribution is -2.52. The van der Waals surface area contributed by atoms with Crippen molar-refractivity contribution in [2.24, 2.45) is 0 Å². The van der Waals surface area contributed by atoms with Crippen LogP contribution in [-0.2, 0) is 15.0 Å². The molecule has 4 rings (SSSR count). The van der Waals surface area contributed by atoms with Crippen molar-refractivity contribution < 1.29 is 24.0 Å². The summed E-state index contributed by atoms with van der Waals surface area (Å²) in [5, 5.41) is 17.5. The summed E-state index contributed by atoms with van der Waals surface area (Å²) in [6.45, 7) is 7.42. The fraction of sp³-hybridized carbons (Fsp3) is 0.448. The molecule has 1 saturated heterocycles. The number of fused-ring (bicyclic) bond motifs is 1. The van der Waals surface area contributed by atoms with Gasteiger partial charge in [-0.25, -0.2) is 14.8 Å². The van der Waals surface area contributed by atoms with Crippen molar-refractivity contribution >= 4 is 51.8 Å². The maximum atomic E-state index is 13.6. The zero-order valence-corrected chi connectivity index (χ0v) is 25.6. The average Bonchev–Trinajstić information content (AvgIpc) is 3.36. The summed E-state index contributed by atoms with van der Waals surface area (Å²) in [4.78, 5) is 61.7. The minimum absolute atomic E-state index is 0.0719. The van der Waals surface area contributed by atoms with Crippen molar-refractivity contribution in [1.29, 1.82) is 0 Å². The Kier molecular flexibility index (Phi) is 8.83. The Morgan fingerprint density at radius 1 is 1.21 bits per heavy atom. The molecule has 1 aliphatic rings. The number of rotatable bonds is 8. The SMILES string of the molecule is CC(C)(C)c1csc(NC(=O)c2ccn3c(=O)c(C=CC(=O)O)c(N4CCC[C@@H](NC(=O)C[N+](C)(C)C)C4)nc3c2)n1.